The molecule has 374 valence electrons. The first kappa shape index (κ1) is 48.1. The highest BCUT2D eigenvalue weighted by molar-refractivity contribution is 7.86. The number of fused-ring (bicyclic) bond motifs is 5. The van der Waals surface area contributed by atoms with Gasteiger partial charge in [0, 0.05) is 10.8 Å². The van der Waals surface area contributed by atoms with E-state index in [1.807, 2.05) is 24.6 Å². The van der Waals surface area contributed by atoms with Crippen molar-refractivity contribution >= 4 is 76.9 Å². The summed E-state index contributed by atoms with van der Waals surface area (Å²) in [6.45, 7) is 8.88. The fourth-order valence-corrected chi connectivity index (χ4v) is 15.7. The maximum atomic E-state index is 11.1. The van der Waals surface area contributed by atoms with Crippen molar-refractivity contribution in [3.8, 4) is 96.5 Å². The first-order valence-corrected chi connectivity index (χ1v) is 29.6. The summed E-state index contributed by atoms with van der Waals surface area (Å²) in [5.41, 5.74) is 1.89. The van der Waals surface area contributed by atoms with E-state index in [4.69, 9.17) is 51.9 Å². The van der Waals surface area contributed by atoms with Crippen LogP contribution in [0, 0.1) is 0 Å². The summed E-state index contributed by atoms with van der Waals surface area (Å²) in [6.07, 6.45) is 1.60. The second-order valence-electron chi connectivity index (χ2n) is 16.6. The van der Waals surface area contributed by atoms with Gasteiger partial charge in [-0.05, 0) is 60.1 Å². The molecule has 0 radical (unpaired) electrons. The smallest absolute Gasteiger partial charge is 0.294 e. The van der Waals surface area contributed by atoms with Gasteiger partial charge in [0.1, 0.15) is 76.2 Å². The third-order valence-electron chi connectivity index (χ3n) is 12.1. The van der Waals surface area contributed by atoms with Crippen LogP contribution in [0.1, 0.15) is 49.7 Å². The fraction of sp³-hybridized carbons (Fsp3) is 0.333. The quantitative estimate of drug-likeness (QED) is 0.120. The van der Waals surface area contributed by atoms with Crippen molar-refractivity contribution < 1.29 is 73.3 Å². The van der Waals surface area contributed by atoms with Crippen LogP contribution in [0.2, 0.25) is 0 Å². The third kappa shape index (κ3) is 9.28. The van der Waals surface area contributed by atoms with Crippen molar-refractivity contribution in [1.82, 2.24) is 0 Å². The van der Waals surface area contributed by atoms with E-state index >= 15 is 0 Å². The molecule has 16 nitrogen and oxygen atoms in total. The zero-order valence-corrected chi connectivity index (χ0v) is 43.6. The first-order valence-electron chi connectivity index (χ1n) is 22.5. The minimum atomic E-state index is -4.45. The summed E-state index contributed by atoms with van der Waals surface area (Å²) >= 11 is 7.98. The standard InChI is InChI=1S/C30H22O10S5.C18H22O6S2/c1-3-33-15-13(31-1)11-41-23(15)25-17-19(37-7-5-35-17)27(43-25)29-21-22(40-10-9-39-21)30(45-29)28-20-18(36-6-8-38-20)26(44-28)24-16-14(12-42-24)32-2-4-34-16;1-3-14(16-6-10-18(11-7-16)26(22,23)24)12-13(2)15-4-8-17(9-5-15)25(19,20)21/h11-12H,1-10H2;4-11,13-14H,3,12H2,1-2H3,(H,19,20,21)(H,22,23,24)/p-1. The Morgan fingerprint density at radius 1 is 0.479 bits per heavy atom. The van der Waals surface area contributed by atoms with Crippen molar-refractivity contribution in [3.63, 3.8) is 0 Å². The van der Waals surface area contributed by atoms with Gasteiger partial charge in [-0.3, -0.25) is 4.55 Å². The fourth-order valence-electron chi connectivity index (χ4n) is 8.76. The molecule has 10 heterocycles. The van der Waals surface area contributed by atoms with Gasteiger partial charge in [-0.15, -0.1) is 56.7 Å². The Balaban J connectivity index is 0.000000181. The molecule has 0 fully saturated rings. The van der Waals surface area contributed by atoms with Gasteiger partial charge in [0.2, 0.25) is 0 Å². The molecule has 1 N–H and O–H groups in total. The molecule has 2 unspecified atom stereocenters. The van der Waals surface area contributed by atoms with Crippen LogP contribution in [-0.2, 0) is 20.2 Å². The molecule has 5 aromatic heterocycles. The number of thiophene rings is 5. The zero-order valence-electron chi connectivity index (χ0n) is 37.8. The molecule has 2 aromatic carbocycles. The lowest BCUT2D eigenvalue weighted by molar-refractivity contribution is 0.171. The van der Waals surface area contributed by atoms with E-state index in [0.717, 1.165) is 97.5 Å². The van der Waals surface area contributed by atoms with E-state index in [2.05, 4.69) is 0 Å². The summed E-state index contributed by atoms with van der Waals surface area (Å²) in [5.74, 6) is 7.57. The maximum Gasteiger partial charge on any atom is 0.294 e. The molecule has 0 spiro atoms. The lowest BCUT2D eigenvalue weighted by Gasteiger charge is -2.21. The molecule has 7 aromatic rings. The monoisotopic (exact) mass is 1100 g/mol. The molecule has 0 amide bonds. The second-order valence-corrected chi connectivity index (χ2v) is 24.2. The lowest BCUT2D eigenvalue weighted by atomic mass is 9.85. The molecule has 12 rings (SSSR count). The maximum absolute atomic E-state index is 11.1. The van der Waals surface area contributed by atoms with Crippen molar-refractivity contribution in [2.75, 3.05) is 66.1 Å². The number of hydrogen-bond donors (Lipinski definition) is 1. The van der Waals surface area contributed by atoms with E-state index in [0.29, 0.717) is 89.1 Å². The average molecular weight is 1100 g/mol. The normalized spacial score (nSPS) is 16.4. The van der Waals surface area contributed by atoms with Crippen molar-refractivity contribution in [1.29, 1.82) is 0 Å². The van der Waals surface area contributed by atoms with Gasteiger partial charge in [-0.25, -0.2) is 8.42 Å². The number of ether oxygens (including phenoxy) is 10. The van der Waals surface area contributed by atoms with E-state index in [-0.39, 0.29) is 21.6 Å². The van der Waals surface area contributed by atoms with Crippen molar-refractivity contribution in [2.24, 2.45) is 0 Å². The molecule has 5 aliphatic heterocycles. The number of rotatable bonds is 11. The van der Waals surface area contributed by atoms with Crippen LogP contribution < -0.4 is 47.4 Å². The number of benzene rings is 2. The summed E-state index contributed by atoms with van der Waals surface area (Å²) in [4.78, 5) is 7.16. The van der Waals surface area contributed by atoms with Gasteiger partial charge < -0.3 is 51.9 Å². The molecule has 5 aliphatic rings. The van der Waals surface area contributed by atoms with Crippen LogP contribution in [0.25, 0.3) is 39.0 Å². The van der Waals surface area contributed by atoms with Crippen molar-refractivity contribution in [2.45, 2.75) is 48.3 Å². The van der Waals surface area contributed by atoms with Crippen molar-refractivity contribution in [3.05, 3.63) is 70.4 Å². The van der Waals surface area contributed by atoms with Crippen LogP contribution >= 0.6 is 56.7 Å². The van der Waals surface area contributed by atoms with Crippen LogP contribution in [0.4, 0.5) is 0 Å². The number of hydrogen-bond acceptors (Lipinski definition) is 20. The van der Waals surface area contributed by atoms with Crippen LogP contribution in [-0.4, -0.2) is 92.0 Å². The summed E-state index contributed by atoms with van der Waals surface area (Å²) < 4.78 is 126. The molecule has 71 heavy (non-hydrogen) atoms. The Bertz CT molecular complexity index is 3190. The van der Waals surface area contributed by atoms with Gasteiger partial charge in [-0.1, -0.05) is 38.1 Å². The SMILES string of the molecule is CCC(CC(C)c1ccc(S(=O)(=O)O)cc1)c1ccc(S(=O)(=O)[O-])cc1.c1sc(-c2sc(-c3sc(-c4sc(-c5scc6c5OCCO6)c5c4OCCO5)c4c3OCCO4)c3c2OCCO3)c2c1OCCO2. The highest BCUT2D eigenvalue weighted by atomic mass is 32.2. The van der Waals surface area contributed by atoms with Gasteiger partial charge in [0.05, 0.1) is 48.8 Å². The van der Waals surface area contributed by atoms with Crippen LogP contribution in [0.15, 0.2) is 69.1 Å². The molecule has 23 heteroatoms. The topological polar surface area (TPSA) is 204 Å². The Hall–Kier alpha value is -5.24. The van der Waals surface area contributed by atoms with E-state index in [1.54, 1.807) is 80.9 Å². The highest BCUT2D eigenvalue weighted by Crippen LogP contribution is 2.66. The second kappa shape index (κ2) is 19.6. The predicted octanol–water partition coefficient (Wildman–Crippen LogP) is 11.0. The molecule has 0 saturated carbocycles. The average Bonchev–Trinajstić information content (AvgIpc) is 4.23. The first-order chi connectivity index (χ1) is 34.4. The van der Waals surface area contributed by atoms with Crippen LogP contribution in [0.3, 0.4) is 0 Å². The van der Waals surface area contributed by atoms with Gasteiger partial charge in [0.25, 0.3) is 10.1 Å². The molecular formula is C48H43O16S7-. The Labute approximate surface area is 428 Å². The molecular weight excluding hydrogens is 1060 g/mol. The minimum Gasteiger partial charge on any atom is -0.744 e. The summed E-state index contributed by atoms with van der Waals surface area (Å²) in [7, 11) is -8.66. The van der Waals surface area contributed by atoms with Crippen LogP contribution in [0.5, 0.6) is 57.5 Å². The van der Waals surface area contributed by atoms with E-state index in [9.17, 15) is 21.4 Å². The van der Waals surface area contributed by atoms with E-state index in [1.165, 1.54) is 24.3 Å². The largest absolute Gasteiger partial charge is 0.744 e. The van der Waals surface area contributed by atoms with E-state index < -0.39 is 20.2 Å². The summed E-state index contributed by atoms with van der Waals surface area (Å²) in [5, 5.41) is 3.98. The van der Waals surface area contributed by atoms with Gasteiger partial charge in [-0.2, -0.15) is 8.42 Å². The molecule has 0 saturated heterocycles. The molecule has 0 aliphatic carbocycles. The summed E-state index contributed by atoms with van der Waals surface area (Å²) in [6, 6.07) is 12.1. The Morgan fingerprint density at radius 3 is 1.15 bits per heavy atom. The minimum absolute atomic E-state index is 0.123. The van der Waals surface area contributed by atoms with Gasteiger partial charge >= 0.3 is 0 Å². The Kier molecular flexibility index (Phi) is 13.3. The molecule has 2 atom stereocenters. The third-order valence-corrected chi connectivity index (χ3v) is 19.9. The molecule has 0 bridgehead atoms. The lowest BCUT2D eigenvalue weighted by Crippen LogP contribution is -2.16. The van der Waals surface area contributed by atoms with Gasteiger partial charge in [0.15, 0.2) is 57.5 Å². The highest BCUT2D eigenvalue weighted by Gasteiger charge is 2.39. The zero-order chi connectivity index (χ0) is 49.0. The predicted molar refractivity (Wildman–Crippen MR) is 269 cm³/mol. The Morgan fingerprint density at radius 2 is 0.803 bits per heavy atom.